The van der Waals surface area contributed by atoms with Crippen LogP contribution in [0, 0.1) is 55.1 Å². The molecule has 4 rings (SSSR count). The SMILES string of the molecule is Cc1cc(C)c(N2[CH-]N(c3c(C)cc(C)cc3C)CC2)c(C)c1.Cc1cccc(CC[CH]=[Ru]([Cl])[Cl])n1. The first-order valence-electron chi connectivity index (χ1n) is 12.3. The van der Waals surface area contributed by atoms with Crippen molar-refractivity contribution in [3.8, 4) is 0 Å². The Morgan fingerprint density at radius 1 is 0.806 bits per heavy atom. The summed E-state index contributed by atoms with van der Waals surface area (Å²) in [6.45, 7) is 19.6. The van der Waals surface area contributed by atoms with Gasteiger partial charge in [-0.3, -0.25) is 0 Å². The number of halogens is 2. The molecule has 1 saturated heterocycles. The van der Waals surface area contributed by atoms with Crippen molar-refractivity contribution < 1.29 is 13.5 Å². The van der Waals surface area contributed by atoms with Gasteiger partial charge in [0.2, 0.25) is 0 Å². The molecule has 0 amide bonds. The summed E-state index contributed by atoms with van der Waals surface area (Å²) in [4.78, 5) is 9.19. The van der Waals surface area contributed by atoms with Crippen LogP contribution in [0.1, 0.15) is 51.2 Å². The van der Waals surface area contributed by atoms with E-state index in [4.69, 9.17) is 19.4 Å². The van der Waals surface area contributed by atoms with Crippen LogP contribution in [-0.4, -0.2) is 22.7 Å². The molecule has 36 heavy (non-hydrogen) atoms. The topological polar surface area (TPSA) is 19.4 Å². The van der Waals surface area contributed by atoms with E-state index >= 15 is 0 Å². The van der Waals surface area contributed by atoms with Crippen LogP contribution in [0.2, 0.25) is 0 Å². The van der Waals surface area contributed by atoms with Crippen molar-refractivity contribution in [3.63, 3.8) is 0 Å². The zero-order valence-electron chi connectivity index (χ0n) is 22.5. The molecule has 0 unspecified atom stereocenters. The Morgan fingerprint density at radius 3 is 1.69 bits per heavy atom. The second-order valence-electron chi connectivity index (χ2n) is 9.66. The average Bonchev–Trinajstić information content (AvgIpc) is 3.21. The standard InChI is InChI=1S/C21H27N2.C9H11N.2ClH.Ru/c1-14-9-16(3)20(17(4)10-14)22-7-8-23(13-22)21-18(5)11-15(2)12-19(21)6;1-3-5-9-7-4-6-8(2)10-9;;;/h9-13H,7-8H2,1-6H3;1,4,6-7H,3,5H2,2H3;2*1H;/q-1;;;;+2/p-2. The summed E-state index contributed by atoms with van der Waals surface area (Å²) in [7, 11) is 11.4. The van der Waals surface area contributed by atoms with Crippen molar-refractivity contribution in [2.24, 2.45) is 0 Å². The first-order chi connectivity index (χ1) is 17.0. The van der Waals surface area contributed by atoms with Crippen LogP contribution in [0.4, 0.5) is 11.4 Å². The summed E-state index contributed by atoms with van der Waals surface area (Å²) in [6, 6.07) is 15.2. The molecule has 196 valence electrons. The summed E-state index contributed by atoms with van der Waals surface area (Å²) >= 11 is -1.57. The Labute approximate surface area is 231 Å². The van der Waals surface area contributed by atoms with E-state index in [9.17, 15) is 0 Å². The Balaban J connectivity index is 0.000000236. The molecule has 0 radical (unpaired) electrons. The van der Waals surface area contributed by atoms with Crippen LogP contribution < -0.4 is 9.80 Å². The van der Waals surface area contributed by atoms with Gasteiger partial charge in [0.05, 0.1) is 0 Å². The summed E-state index contributed by atoms with van der Waals surface area (Å²) in [6.07, 6.45) is 1.87. The van der Waals surface area contributed by atoms with Gasteiger partial charge in [0.1, 0.15) is 0 Å². The predicted octanol–water partition coefficient (Wildman–Crippen LogP) is 8.03. The number of benzene rings is 2. The van der Waals surface area contributed by atoms with Gasteiger partial charge in [0.15, 0.2) is 0 Å². The maximum atomic E-state index is 5.71. The zero-order valence-corrected chi connectivity index (χ0v) is 25.7. The molecule has 3 nitrogen and oxygen atoms in total. The van der Waals surface area contributed by atoms with Gasteiger partial charge in [-0.2, -0.15) is 6.67 Å². The van der Waals surface area contributed by atoms with Gasteiger partial charge in [-0.25, -0.2) is 0 Å². The van der Waals surface area contributed by atoms with Gasteiger partial charge in [-0.05, 0) is 63.8 Å². The first kappa shape index (κ1) is 28.8. The van der Waals surface area contributed by atoms with E-state index < -0.39 is 13.5 Å². The number of hydrogen-bond donors (Lipinski definition) is 0. The summed E-state index contributed by atoms with van der Waals surface area (Å²) in [5, 5.41) is 0. The van der Waals surface area contributed by atoms with Crippen molar-refractivity contribution in [2.45, 2.75) is 61.3 Å². The van der Waals surface area contributed by atoms with Gasteiger partial charge in [-0.15, -0.1) is 0 Å². The minimum atomic E-state index is -1.57. The number of rotatable bonds is 5. The number of aromatic nitrogens is 1. The van der Waals surface area contributed by atoms with Gasteiger partial charge >= 0.3 is 91.8 Å². The van der Waals surface area contributed by atoms with Crippen molar-refractivity contribution in [3.05, 3.63) is 93.9 Å². The molecule has 1 aliphatic rings. The molecule has 0 aliphatic carbocycles. The molecular formula is C30H38Cl2N3Ru-. The molecule has 2 aromatic carbocycles. The fourth-order valence-electron chi connectivity index (χ4n) is 5.10. The van der Waals surface area contributed by atoms with Crippen LogP contribution in [0.25, 0.3) is 0 Å². The van der Waals surface area contributed by atoms with Crippen molar-refractivity contribution in [1.82, 2.24) is 4.98 Å². The second kappa shape index (κ2) is 13.2. The van der Waals surface area contributed by atoms with E-state index in [1.807, 2.05) is 29.7 Å². The molecule has 3 aromatic rings. The number of nitrogens with zero attached hydrogens (tertiary/aromatic N) is 3. The third-order valence-corrected chi connectivity index (χ3v) is 8.59. The molecular weight excluding hydrogens is 574 g/mol. The summed E-state index contributed by atoms with van der Waals surface area (Å²) in [5.41, 5.74) is 13.0. The average molecular weight is 613 g/mol. The molecule has 0 N–H and O–H groups in total. The minimum absolute atomic E-state index is 0.933. The number of hydrogen-bond acceptors (Lipinski definition) is 3. The molecule has 1 aromatic heterocycles. The van der Waals surface area contributed by atoms with E-state index in [2.05, 4.69) is 87.3 Å². The van der Waals surface area contributed by atoms with Crippen LogP contribution in [-0.2, 0) is 19.9 Å². The van der Waals surface area contributed by atoms with Gasteiger partial charge in [0, 0.05) is 24.5 Å². The quantitative estimate of drug-likeness (QED) is 0.215. The Hall–Kier alpha value is -1.74. The van der Waals surface area contributed by atoms with Gasteiger partial charge < -0.3 is 9.80 Å². The van der Waals surface area contributed by atoms with E-state index in [1.165, 1.54) is 44.8 Å². The molecule has 1 fully saturated rings. The molecule has 0 atom stereocenters. The Kier molecular flexibility index (Phi) is 10.6. The Morgan fingerprint density at radius 2 is 1.28 bits per heavy atom. The van der Waals surface area contributed by atoms with Crippen LogP contribution in [0.5, 0.6) is 0 Å². The molecule has 0 spiro atoms. The van der Waals surface area contributed by atoms with Crippen molar-refractivity contribution >= 4 is 35.4 Å². The Bertz CT molecular complexity index is 1130. The van der Waals surface area contributed by atoms with E-state index in [0.717, 1.165) is 37.3 Å². The van der Waals surface area contributed by atoms with Gasteiger partial charge in [0.25, 0.3) is 0 Å². The van der Waals surface area contributed by atoms with Crippen LogP contribution >= 0.6 is 19.4 Å². The number of anilines is 2. The van der Waals surface area contributed by atoms with E-state index in [1.54, 1.807) is 0 Å². The summed E-state index contributed by atoms with van der Waals surface area (Å²) < 4.78 is 2.01. The fraction of sp³-hybridized carbons (Fsp3) is 0.367. The molecule has 1 aliphatic heterocycles. The maximum absolute atomic E-state index is 5.71. The van der Waals surface area contributed by atoms with Crippen LogP contribution in [0.3, 0.4) is 0 Å². The normalized spacial score (nSPS) is 13.4. The summed E-state index contributed by atoms with van der Waals surface area (Å²) in [5.74, 6) is 0. The number of pyridine rings is 1. The predicted molar refractivity (Wildman–Crippen MR) is 155 cm³/mol. The third kappa shape index (κ3) is 7.88. The van der Waals surface area contributed by atoms with Crippen LogP contribution in [0.15, 0.2) is 42.5 Å². The molecule has 2 heterocycles. The first-order valence-corrected chi connectivity index (χ1v) is 17.8. The molecule has 0 bridgehead atoms. The fourth-order valence-corrected chi connectivity index (χ4v) is 6.65. The van der Waals surface area contributed by atoms with Crippen molar-refractivity contribution in [1.29, 1.82) is 0 Å². The van der Waals surface area contributed by atoms with E-state index in [0.29, 0.717) is 0 Å². The monoisotopic (exact) mass is 612 g/mol. The van der Waals surface area contributed by atoms with E-state index in [-0.39, 0.29) is 0 Å². The molecule has 0 saturated carbocycles. The number of aryl methyl sites for hydroxylation is 8. The second-order valence-corrected chi connectivity index (χ2v) is 15.6. The van der Waals surface area contributed by atoms with Gasteiger partial charge in [-0.1, -0.05) is 35.4 Å². The molecule has 6 heteroatoms. The third-order valence-electron chi connectivity index (χ3n) is 6.26. The zero-order chi connectivity index (χ0) is 26.4. The van der Waals surface area contributed by atoms with Crippen molar-refractivity contribution in [2.75, 3.05) is 22.9 Å².